The lowest BCUT2D eigenvalue weighted by atomic mass is 10.1. The lowest BCUT2D eigenvalue weighted by Gasteiger charge is -2.18. The second kappa shape index (κ2) is 6.27. The topological polar surface area (TPSA) is 79.5 Å². The van der Waals surface area contributed by atoms with Gasteiger partial charge >= 0.3 is 5.97 Å². The number of aryl methyl sites for hydroxylation is 1. The minimum absolute atomic E-state index is 0.386. The molecule has 0 bridgehead atoms. The van der Waals surface area contributed by atoms with Gasteiger partial charge in [-0.25, -0.2) is 0 Å². The number of likely N-dealkylation sites (tertiary alicyclic amines) is 1. The zero-order chi connectivity index (χ0) is 15.5. The van der Waals surface area contributed by atoms with Crippen molar-refractivity contribution in [1.82, 2.24) is 15.0 Å². The first-order chi connectivity index (χ1) is 10.7. The molecule has 0 amide bonds. The second-order valence-electron chi connectivity index (χ2n) is 5.53. The molecule has 0 unspecified atom stereocenters. The Morgan fingerprint density at radius 2 is 2.18 bits per heavy atom. The van der Waals surface area contributed by atoms with Crippen LogP contribution in [0, 0.1) is 0 Å². The van der Waals surface area contributed by atoms with Crippen LogP contribution in [0.5, 0.6) is 0 Å². The Labute approximate surface area is 128 Å². The normalized spacial score (nSPS) is 18.7. The van der Waals surface area contributed by atoms with E-state index in [0.717, 1.165) is 24.9 Å². The summed E-state index contributed by atoms with van der Waals surface area (Å²) in [7, 11) is 0. The van der Waals surface area contributed by atoms with Crippen LogP contribution >= 0.6 is 0 Å². The van der Waals surface area contributed by atoms with Gasteiger partial charge in [-0.15, -0.1) is 0 Å². The first kappa shape index (κ1) is 14.7. The fourth-order valence-corrected chi connectivity index (χ4v) is 2.79. The van der Waals surface area contributed by atoms with Crippen LogP contribution in [-0.4, -0.2) is 38.7 Å². The first-order valence-electron chi connectivity index (χ1n) is 7.56. The molecule has 1 atom stereocenters. The van der Waals surface area contributed by atoms with Crippen LogP contribution in [0.4, 0.5) is 0 Å². The average Bonchev–Trinajstić information content (AvgIpc) is 3.17. The summed E-state index contributed by atoms with van der Waals surface area (Å²) in [5.41, 5.74) is 2.16. The Morgan fingerprint density at radius 1 is 1.41 bits per heavy atom. The molecule has 0 saturated carbocycles. The van der Waals surface area contributed by atoms with Gasteiger partial charge < -0.3 is 9.63 Å². The van der Waals surface area contributed by atoms with E-state index < -0.39 is 12.0 Å². The van der Waals surface area contributed by atoms with Crippen molar-refractivity contribution in [3.05, 3.63) is 35.7 Å². The van der Waals surface area contributed by atoms with Crippen molar-refractivity contribution >= 4 is 5.97 Å². The summed E-state index contributed by atoms with van der Waals surface area (Å²) in [5.74, 6) is 0.221. The molecule has 6 heteroatoms. The lowest BCUT2D eigenvalue weighted by molar-refractivity contribution is -0.142. The molecule has 1 aliphatic heterocycles. The molecule has 0 aliphatic carbocycles. The van der Waals surface area contributed by atoms with Crippen LogP contribution in [0.25, 0.3) is 11.4 Å². The number of hydrogen-bond acceptors (Lipinski definition) is 5. The highest BCUT2D eigenvalue weighted by Gasteiger charge is 2.31. The summed E-state index contributed by atoms with van der Waals surface area (Å²) in [6.45, 7) is 3.24. The van der Waals surface area contributed by atoms with Gasteiger partial charge in [-0.2, -0.15) is 4.98 Å². The standard InChI is InChI=1S/C16H19N3O3/c1-2-11-5-7-12(8-6-11)15-17-14(22-18-15)10-19-9-3-4-13(19)16(20)21/h5-8,13H,2-4,9-10H2,1H3,(H,20,21)/t13-/m0/s1. The predicted octanol–water partition coefficient (Wildman–Crippen LogP) is 2.35. The van der Waals surface area contributed by atoms with Gasteiger partial charge in [0.1, 0.15) is 6.04 Å². The van der Waals surface area contributed by atoms with Gasteiger partial charge in [-0.1, -0.05) is 36.3 Å². The Hall–Kier alpha value is -2.21. The fraction of sp³-hybridized carbons (Fsp3) is 0.438. The van der Waals surface area contributed by atoms with Gasteiger partial charge in [-0.3, -0.25) is 9.69 Å². The van der Waals surface area contributed by atoms with E-state index in [-0.39, 0.29) is 0 Å². The van der Waals surface area contributed by atoms with Crippen LogP contribution in [0.1, 0.15) is 31.2 Å². The summed E-state index contributed by atoms with van der Waals surface area (Å²) in [4.78, 5) is 17.4. The molecule has 116 valence electrons. The van der Waals surface area contributed by atoms with Crippen molar-refractivity contribution < 1.29 is 14.4 Å². The van der Waals surface area contributed by atoms with Crippen LogP contribution in [-0.2, 0) is 17.8 Å². The molecule has 2 aromatic rings. The van der Waals surface area contributed by atoms with Crippen molar-refractivity contribution in [2.75, 3.05) is 6.54 Å². The van der Waals surface area contributed by atoms with Gasteiger partial charge in [0.2, 0.25) is 11.7 Å². The first-order valence-corrected chi connectivity index (χ1v) is 7.56. The third kappa shape index (κ3) is 3.01. The van der Waals surface area contributed by atoms with Crippen LogP contribution in [0.15, 0.2) is 28.8 Å². The van der Waals surface area contributed by atoms with Crippen molar-refractivity contribution in [2.24, 2.45) is 0 Å². The Morgan fingerprint density at radius 3 is 2.86 bits per heavy atom. The van der Waals surface area contributed by atoms with Crippen LogP contribution in [0.2, 0.25) is 0 Å². The van der Waals surface area contributed by atoms with E-state index in [4.69, 9.17) is 4.52 Å². The van der Waals surface area contributed by atoms with Crippen molar-refractivity contribution in [2.45, 2.75) is 38.8 Å². The zero-order valence-corrected chi connectivity index (χ0v) is 12.5. The van der Waals surface area contributed by atoms with E-state index in [0.29, 0.717) is 24.7 Å². The maximum Gasteiger partial charge on any atom is 0.320 e. The number of benzene rings is 1. The van der Waals surface area contributed by atoms with Crippen LogP contribution < -0.4 is 0 Å². The molecule has 1 aromatic carbocycles. The third-order valence-electron chi connectivity index (χ3n) is 4.08. The Kier molecular flexibility index (Phi) is 4.20. The number of rotatable bonds is 5. The number of nitrogens with zero attached hydrogens (tertiary/aromatic N) is 3. The Bertz CT molecular complexity index is 651. The molecule has 1 N–H and O–H groups in total. The fourth-order valence-electron chi connectivity index (χ4n) is 2.79. The van der Waals surface area contributed by atoms with E-state index in [1.165, 1.54) is 5.56 Å². The number of carbonyl (C=O) groups is 1. The molecular weight excluding hydrogens is 282 g/mol. The Balaban J connectivity index is 1.72. The van der Waals surface area contributed by atoms with Crippen LogP contribution in [0.3, 0.4) is 0 Å². The molecule has 3 rings (SSSR count). The average molecular weight is 301 g/mol. The highest BCUT2D eigenvalue weighted by Crippen LogP contribution is 2.21. The van der Waals surface area contributed by atoms with Gasteiger partial charge in [0.25, 0.3) is 0 Å². The number of hydrogen-bond donors (Lipinski definition) is 1. The number of carboxylic acids is 1. The minimum Gasteiger partial charge on any atom is -0.480 e. The van der Waals surface area contributed by atoms with E-state index in [9.17, 15) is 9.90 Å². The van der Waals surface area contributed by atoms with Gasteiger partial charge in [0, 0.05) is 5.56 Å². The molecule has 6 nitrogen and oxygen atoms in total. The van der Waals surface area contributed by atoms with Gasteiger partial charge in [0.15, 0.2) is 0 Å². The van der Waals surface area contributed by atoms with Crippen molar-refractivity contribution in [3.8, 4) is 11.4 Å². The molecule has 0 spiro atoms. The highest BCUT2D eigenvalue weighted by molar-refractivity contribution is 5.73. The van der Waals surface area contributed by atoms with Gasteiger partial charge in [-0.05, 0) is 31.4 Å². The van der Waals surface area contributed by atoms with E-state index >= 15 is 0 Å². The lowest BCUT2D eigenvalue weighted by Crippen LogP contribution is -2.35. The molecule has 1 aliphatic rings. The summed E-state index contributed by atoms with van der Waals surface area (Å²) < 4.78 is 5.27. The van der Waals surface area contributed by atoms with Crippen molar-refractivity contribution in [1.29, 1.82) is 0 Å². The molecule has 2 heterocycles. The summed E-state index contributed by atoms with van der Waals surface area (Å²) in [5, 5.41) is 13.2. The quantitative estimate of drug-likeness (QED) is 0.913. The molecule has 0 radical (unpaired) electrons. The van der Waals surface area contributed by atoms with Gasteiger partial charge in [0.05, 0.1) is 6.54 Å². The summed E-state index contributed by atoms with van der Waals surface area (Å²) in [6, 6.07) is 7.60. The number of carboxylic acid groups (broad SMARTS) is 1. The monoisotopic (exact) mass is 301 g/mol. The maximum atomic E-state index is 11.2. The predicted molar refractivity (Wildman–Crippen MR) is 80.2 cm³/mol. The molecular formula is C16H19N3O3. The van der Waals surface area contributed by atoms with E-state index in [2.05, 4.69) is 17.1 Å². The summed E-state index contributed by atoms with van der Waals surface area (Å²) in [6.07, 6.45) is 2.55. The largest absolute Gasteiger partial charge is 0.480 e. The molecule has 1 fully saturated rings. The number of aliphatic carboxylic acids is 1. The number of aromatic nitrogens is 2. The second-order valence-corrected chi connectivity index (χ2v) is 5.53. The summed E-state index contributed by atoms with van der Waals surface area (Å²) >= 11 is 0. The van der Waals surface area contributed by atoms with Crippen molar-refractivity contribution in [3.63, 3.8) is 0 Å². The SMILES string of the molecule is CCc1ccc(-c2noc(CN3CCC[C@H]3C(=O)O)n2)cc1. The maximum absolute atomic E-state index is 11.2. The van der Waals surface area contributed by atoms with E-state index in [1.807, 2.05) is 29.2 Å². The third-order valence-corrected chi connectivity index (χ3v) is 4.08. The zero-order valence-electron chi connectivity index (χ0n) is 12.5. The molecule has 22 heavy (non-hydrogen) atoms. The smallest absolute Gasteiger partial charge is 0.320 e. The molecule has 1 saturated heterocycles. The van der Waals surface area contributed by atoms with E-state index in [1.54, 1.807) is 0 Å². The highest BCUT2D eigenvalue weighted by atomic mass is 16.5. The minimum atomic E-state index is -0.785. The molecule has 1 aromatic heterocycles.